The Kier molecular flexibility index (Phi) is 8.02. The average molecular weight is 323 g/mol. The fourth-order valence-corrected chi connectivity index (χ4v) is 2.67. The molecule has 5 heteroatoms. The van der Waals surface area contributed by atoms with E-state index in [4.69, 9.17) is 0 Å². The Morgan fingerprint density at radius 1 is 1.23 bits per heavy atom. The molecule has 0 aliphatic heterocycles. The number of rotatable bonds is 9. The van der Waals surface area contributed by atoms with Gasteiger partial charge in [-0.2, -0.15) is 12.6 Å². The SMILES string of the molecule is CC(C)C[C@H](NC(=O)C(CCS)Cc1ccccc1)C(=O)O. The molecular formula is C17H25NO3S. The van der Waals surface area contributed by atoms with Crippen molar-refractivity contribution in [1.82, 2.24) is 5.32 Å². The summed E-state index contributed by atoms with van der Waals surface area (Å²) in [6.45, 7) is 3.88. The normalized spacial score (nSPS) is 13.6. The molecule has 1 amide bonds. The number of nitrogens with one attached hydrogen (secondary N) is 1. The summed E-state index contributed by atoms with van der Waals surface area (Å²) in [4.78, 5) is 23.7. The maximum atomic E-state index is 12.4. The van der Waals surface area contributed by atoms with E-state index in [2.05, 4.69) is 17.9 Å². The van der Waals surface area contributed by atoms with E-state index < -0.39 is 12.0 Å². The first-order chi connectivity index (χ1) is 10.4. The van der Waals surface area contributed by atoms with Crippen LogP contribution in [-0.4, -0.2) is 28.8 Å². The van der Waals surface area contributed by atoms with E-state index in [1.54, 1.807) is 0 Å². The molecule has 0 radical (unpaired) electrons. The third-order valence-electron chi connectivity index (χ3n) is 3.49. The topological polar surface area (TPSA) is 66.4 Å². The molecule has 1 rings (SSSR count). The minimum atomic E-state index is -0.980. The van der Waals surface area contributed by atoms with Gasteiger partial charge in [0.15, 0.2) is 0 Å². The summed E-state index contributed by atoms with van der Waals surface area (Å²) in [6.07, 6.45) is 1.65. The minimum absolute atomic E-state index is 0.203. The quantitative estimate of drug-likeness (QED) is 0.612. The van der Waals surface area contributed by atoms with Crippen LogP contribution in [0.3, 0.4) is 0 Å². The Morgan fingerprint density at radius 2 is 1.86 bits per heavy atom. The van der Waals surface area contributed by atoms with Crippen LogP contribution in [0.15, 0.2) is 30.3 Å². The van der Waals surface area contributed by atoms with E-state index >= 15 is 0 Å². The number of amides is 1. The third-order valence-corrected chi connectivity index (χ3v) is 3.75. The molecule has 1 aromatic carbocycles. The highest BCUT2D eigenvalue weighted by Crippen LogP contribution is 2.15. The van der Waals surface area contributed by atoms with Crippen molar-refractivity contribution in [3.63, 3.8) is 0 Å². The first kappa shape index (κ1) is 18.6. The van der Waals surface area contributed by atoms with Crippen LogP contribution in [0.1, 0.15) is 32.3 Å². The smallest absolute Gasteiger partial charge is 0.326 e. The Morgan fingerprint density at radius 3 is 2.36 bits per heavy atom. The van der Waals surface area contributed by atoms with E-state index in [1.807, 2.05) is 44.2 Å². The van der Waals surface area contributed by atoms with Gasteiger partial charge in [-0.3, -0.25) is 4.79 Å². The van der Waals surface area contributed by atoms with Crippen molar-refractivity contribution in [2.45, 2.75) is 39.2 Å². The number of carboxylic acids is 1. The summed E-state index contributed by atoms with van der Waals surface area (Å²) in [5.74, 6) is -0.641. The first-order valence-electron chi connectivity index (χ1n) is 7.62. The molecule has 1 unspecified atom stereocenters. The van der Waals surface area contributed by atoms with Gasteiger partial charge < -0.3 is 10.4 Å². The number of hydrogen-bond acceptors (Lipinski definition) is 3. The molecule has 0 bridgehead atoms. The van der Waals surface area contributed by atoms with Crippen LogP contribution in [0.2, 0.25) is 0 Å². The maximum absolute atomic E-state index is 12.4. The van der Waals surface area contributed by atoms with Gasteiger partial charge in [-0.1, -0.05) is 44.2 Å². The van der Waals surface area contributed by atoms with Crippen molar-refractivity contribution in [3.05, 3.63) is 35.9 Å². The van der Waals surface area contributed by atoms with Crippen molar-refractivity contribution < 1.29 is 14.7 Å². The highest BCUT2D eigenvalue weighted by atomic mass is 32.1. The molecule has 0 saturated carbocycles. The lowest BCUT2D eigenvalue weighted by Gasteiger charge is -2.21. The monoisotopic (exact) mass is 323 g/mol. The maximum Gasteiger partial charge on any atom is 0.326 e. The third kappa shape index (κ3) is 6.52. The van der Waals surface area contributed by atoms with Crippen molar-refractivity contribution in [3.8, 4) is 0 Å². The van der Waals surface area contributed by atoms with Gasteiger partial charge in [-0.15, -0.1) is 0 Å². The molecule has 4 nitrogen and oxygen atoms in total. The molecule has 0 heterocycles. The van der Waals surface area contributed by atoms with E-state index in [-0.39, 0.29) is 17.7 Å². The second-order valence-electron chi connectivity index (χ2n) is 5.93. The molecule has 2 atom stereocenters. The predicted octanol–water partition coefficient (Wildman–Crippen LogP) is 2.78. The lowest BCUT2D eigenvalue weighted by atomic mass is 9.95. The molecule has 1 aromatic rings. The molecule has 0 spiro atoms. The van der Waals surface area contributed by atoms with Gasteiger partial charge >= 0.3 is 5.97 Å². The zero-order chi connectivity index (χ0) is 16.5. The summed E-state index contributed by atoms with van der Waals surface area (Å²) in [7, 11) is 0. The van der Waals surface area contributed by atoms with E-state index in [1.165, 1.54) is 0 Å². The Hall–Kier alpha value is -1.49. The summed E-state index contributed by atoms with van der Waals surface area (Å²) >= 11 is 4.21. The number of carbonyl (C=O) groups is 2. The van der Waals surface area contributed by atoms with E-state index in [0.717, 1.165) is 5.56 Å². The summed E-state index contributed by atoms with van der Waals surface area (Å²) < 4.78 is 0. The van der Waals surface area contributed by atoms with Crippen LogP contribution in [0.4, 0.5) is 0 Å². The minimum Gasteiger partial charge on any atom is -0.480 e. The van der Waals surface area contributed by atoms with Crippen LogP contribution in [0, 0.1) is 11.8 Å². The zero-order valence-electron chi connectivity index (χ0n) is 13.2. The Bertz CT molecular complexity index is 476. The second-order valence-corrected chi connectivity index (χ2v) is 6.38. The van der Waals surface area contributed by atoms with Crippen LogP contribution >= 0.6 is 12.6 Å². The van der Waals surface area contributed by atoms with Gasteiger partial charge in [-0.25, -0.2) is 4.79 Å². The molecule has 0 aliphatic carbocycles. The lowest BCUT2D eigenvalue weighted by Crippen LogP contribution is -2.44. The van der Waals surface area contributed by atoms with Crippen molar-refractivity contribution in [1.29, 1.82) is 0 Å². The van der Waals surface area contributed by atoms with Gasteiger partial charge in [0, 0.05) is 5.92 Å². The van der Waals surface area contributed by atoms with Crippen molar-refractivity contribution in [2.24, 2.45) is 11.8 Å². The second kappa shape index (κ2) is 9.51. The van der Waals surface area contributed by atoms with Crippen LogP contribution in [0.25, 0.3) is 0 Å². The van der Waals surface area contributed by atoms with Crippen molar-refractivity contribution in [2.75, 3.05) is 5.75 Å². The molecule has 0 saturated heterocycles. The van der Waals surface area contributed by atoms with Crippen LogP contribution in [0.5, 0.6) is 0 Å². The van der Waals surface area contributed by atoms with Gasteiger partial charge in [0.2, 0.25) is 5.91 Å². The van der Waals surface area contributed by atoms with E-state index in [0.29, 0.717) is 25.0 Å². The highest BCUT2D eigenvalue weighted by molar-refractivity contribution is 7.80. The molecule has 0 aliphatic rings. The summed E-state index contributed by atoms with van der Waals surface area (Å²) in [6, 6.07) is 8.92. The average Bonchev–Trinajstić information content (AvgIpc) is 2.46. The fraction of sp³-hybridized carbons (Fsp3) is 0.529. The standard InChI is InChI=1S/C17H25NO3S/c1-12(2)10-15(17(20)21)18-16(19)14(8-9-22)11-13-6-4-3-5-7-13/h3-7,12,14-15,22H,8-11H2,1-2H3,(H,18,19)(H,20,21)/t14?,15-/m0/s1. The fourth-order valence-electron chi connectivity index (χ4n) is 2.36. The first-order valence-corrected chi connectivity index (χ1v) is 8.25. The number of carbonyl (C=O) groups excluding carboxylic acids is 1. The number of hydrogen-bond donors (Lipinski definition) is 3. The summed E-state index contributed by atoms with van der Waals surface area (Å²) in [5.41, 5.74) is 1.07. The Balaban J connectivity index is 2.73. The molecule has 22 heavy (non-hydrogen) atoms. The zero-order valence-corrected chi connectivity index (χ0v) is 14.1. The molecule has 0 fully saturated rings. The summed E-state index contributed by atoms with van der Waals surface area (Å²) in [5, 5.41) is 11.9. The number of thiol groups is 1. The molecule has 0 aromatic heterocycles. The number of benzene rings is 1. The van der Waals surface area contributed by atoms with Gasteiger partial charge in [-0.05, 0) is 36.5 Å². The van der Waals surface area contributed by atoms with Crippen LogP contribution < -0.4 is 5.32 Å². The molecule has 2 N–H and O–H groups in total. The molecule has 122 valence electrons. The van der Waals surface area contributed by atoms with E-state index in [9.17, 15) is 14.7 Å². The highest BCUT2D eigenvalue weighted by Gasteiger charge is 2.25. The van der Waals surface area contributed by atoms with Crippen molar-refractivity contribution >= 4 is 24.5 Å². The largest absolute Gasteiger partial charge is 0.480 e. The van der Waals surface area contributed by atoms with Gasteiger partial charge in [0.25, 0.3) is 0 Å². The Labute approximate surface area is 137 Å². The number of aliphatic carboxylic acids is 1. The lowest BCUT2D eigenvalue weighted by molar-refractivity contribution is -0.143. The predicted molar refractivity (Wildman–Crippen MR) is 91.1 cm³/mol. The van der Waals surface area contributed by atoms with Gasteiger partial charge in [0.05, 0.1) is 0 Å². The van der Waals surface area contributed by atoms with Gasteiger partial charge in [0.1, 0.15) is 6.04 Å². The van der Waals surface area contributed by atoms with Crippen LogP contribution in [-0.2, 0) is 16.0 Å². The number of carboxylic acid groups (broad SMARTS) is 1. The molecular weight excluding hydrogens is 298 g/mol.